The number of nitrogens with two attached hydrogens (primary N) is 1. The Labute approximate surface area is 199 Å². The highest BCUT2D eigenvalue weighted by Gasteiger charge is 2.31. The zero-order chi connectivity index (χ0) is 24.2. The van der Waals surface area contributed by atoms with Crippen molar-refractivity contribution in [3.8, 4) is 5.75 Å². The van der Waals surface area contributed by atoms with E-state index in [2.05, 4.69) is 26.9 Å². The number of aromatic nitrogens is 2. The van der Waals surface area contributed by atoms with E-state index >= 15 is 0 Å². The Morgan fingerprint density at radius 3 is 2.21 bits per heavy atom. The van der Waals surface area contributed by atoms with Gasteiger partial charge in [-0.25, -0.2) is 4.79 Å². The maximum absolute atomic E-state index is 13.2. The molecule has 1 atom stereocenters. The number of benzene rings is 2. The predicted molar refractivity (Wildman–Crippen MR) is 136 cm³/mol. The first-order chi connectivity index (χ1) is 16.4. The number of piperazine rings is 1. The molecule has 8 nitrogen and oxygen atoms in total. The van der Waals surface area contributed by atoms with Gasteiger partial charge < -0.3 is 15.4 Å². The van der Waals surface area contributed by atoms with Crippen molar-refractivity contribution in [1.29, 1.82) is 0 Å². The van der Waals surface area contributed by atoms with Gasteiger partial charge in [0, 0.05) is 38.4 Å². The van der Waals surface area contributed by atoms with Crippen LogP contribution in [0.25, 0.3) is 0 Å². The maximum atomic E-state index is 13.2. The number of nitrogen functional groups attached to an aromatic ring is 1. The van der Waals surface area contributed by atoms with E-state index in [1.165, 1.54) is 10.3 Å². The minimum atomic E-state index is -0.470. The summed E-state index contributed by atoms with van der Waals surface area (Å²) >= 11 is 0. The van der Waals surface area contributed by atoms with Gasteiger partial charge in [-0.2, -0.15) is 0 Å². The van der Waals surface area contributed by atoms with E-state index in [1.54, 1.807) is 7.11 Å². The number of hydrogen-bond donors (Lipinski definition) is 2. The van der Waals surface area contributed by atoms with Crippen LogP contribution in [0.4, 0.5) is 11.5 Å². The van der Waals surface area contributed by atoms with Crippen LogP contribution in [0, 0.1) is 5.92 Å². The molecule has 1 aliphatic rings. The number of aromatic amines is 1. The number of nitrogens with zero attached hydrogens (tertiary/aromatic N) is 3. The zero-order valence-corrected chi connectivity index (χ0v) is 20.0. The fraction of sp³-hybridized carbons (Fsp3) is 0.385. The maximum Gasteiger partial charge on any atom is 0.329 e. The monoisotopic (exact) mass is 463 g/mol. The molecule has 0 spiro atoms. The van der Waals surface area contributed by atoms with E-state index < -0.39 is 11.2 Å². The average molecular weight is 464 g/mol. The lowest BCUT2D eigenvalue weighted by atomic mass is 9.97. The van der Waals surface area contributed by atoms with Crippen LogP contribution in [0.2, 0.25) is 0 Å². The quantitative estimate of drug-likeness (QED) is 0.559. The fourth-order valence-corrected chi connectivity index (χ4v) is 4.64. The lowest BCUT2D eigenvalue weighted by Crippen LogP contribution is -2.49. The Hall–Kier alpha value is -3.52. The van der Waals surface area contributed by atoms with Crippen LogP contribution in [-0.4, -0.2) is 47.7 Å². The second-order valence-corrected chi connectivity index (χ2v) is 9.10. The van der Waals surface area contributed by atoms with Crippen LogP contribution in [0.1, 0.15) is 31.0 Å². The van der Waals surface area contributed by atoms with Gasteiger partial charge in [-0.1, -0.05) is 44.2 Å². The fourth-order valence-electron chi connectivity index (χ4n) is 4.64. The van der Waals surface area contributed by atoms with Gasteiger partial charge in [0.1, 0.15) is 11.6 Å². The number of hydrogen-bond acceptors (Lipinski definition) is 6. The van der Waals surface area contributed by atoms with E-state index in [0.29, 0.717) is 12.1 Å². The van der Waals surface area contributed by atoms with Crippen molar-refractivity contribution >= 4 is 11.5 Å². The summed E-state index contributed by atoms with van der Waals surface area (Å²) in [6.45, 7) is 7.59. The third kappa shape index (κ3) is 4.87. The topological polar surface area (TPSA) is 96.6 Å². The predicted octanol–water partition coefficient (Wildman–Crippen LogP) is 2.70. The largest absolute Gasteiger partial charge is 0.497 e. The molecule has 0 aliphatic carbocycles. The first-order valence-corrected chi connectivity index (χ1v) is 11.7. The van der Waals surface area contributed by atoms with Crippen LogP contribution < -0.4 is 26.6 Å². The SMILES string of the molecule is COc1ccc([C@@H](c2c(N)n(CC(C)C)c(=O)[nH]c2=O)N2CCN(c3ccccc3)CC2)cc1. The summed E-state index contributed by atoms with van der Waals surface area (Å²) in [5.41, 5.74) is 8.16. The number of ether oxygens (including phenoxy) is 1. The van der Waals surface area contributed by atoms with Crippen LogP contribution >= 0.6 is 0 Å². The van der Waals surface area contributed by atoms with E-state index in [0.717, 1.165) is 37.5 Å². The molecule has 1 aromatic heterocycles. The third-order valence-corrected chi connectivity index (χ3v) is 6.33. The molecular weight excluding hydrogens is 430 g/mol. The summed E-state index contributed by atoms with van der Waals surface area (Å²) in [5, 5.41) is 0. The second kappa shape index (κ2) is 10.2. The lowest BCUT2D eigenvalue weighted by Gasteiger charge is -2.40. The minimum absolute atomic E-state index is 0.201. The normalized spacial score (nSPS) is 15.5. The smallest absolute Gasteiger partial charge is 0.329 e. The first kappa shape index (κ1) is 23.6. The molecule has 180 valence electrons. The molecule has 2 aromatic carbocycles. The summed E-state index contributed by atoms with van der Waals surface area (Å²) < 4.78 is 6.82. The Morgan fingerprint density at radius 1 is 0.971 bits per heavy atom. The zero-order valence-electron chi connectivity index (χ0n) is 20.0. The Balaban J connectivity index is 1.74. The number of rotatable bonds is 7. The van der Waals surface area contributed by atoms with Gasteiger partial charge in [-0.3, -0.25) is 19.2 Å². The van der Waals surface area contributed by atoms with Crippen molar-refractivity contribution < 1.29 is 4.74 Å². The molecule has 0 amide bonds. The second-order valence-electron chi connectivity index (χ2n) is 9.10. The van der Waals surface area contributed by atoms with Gasteiger partial charge in [0.05, 0.1) is 18.7 Å². The standard InChI is InChI=1S/C26H33N5O3/c1-18(2)17-31-24(27)22(25(32)28-26(31)33)23(19-9-11-21(34-3)12-10-19)30-15-13-29(14-16-30)20-7-5-4-6-8-20/h4-12,18,23H,13-17,27H2,1-3H3,(H,28,32,33)/t23-/m0/s1. The van der Waals surface area contributed by atoms with Crippen molar-refractivity contribution in [1.82, 2.24) is 14.5 Å². The Kier molecular flexibility index (Phi) is 7.07. The summed E-state index contributed by atoms with van der Waals surface area (Å²) in [6, 6.07) is 17.6. The molecule has 1 fully saturated rings. The van der Waals surface area contributed by atoms with Crippen molar-refractivity contribution in [2.45, 2.75) is 26.4 Å². The van der Waals surface area contributed by atoms with E-state index in [4.69, 9.17) is 10.5 Å². The van der Waals surface area contributed by atoms with Crippen LogP contribution in [0.15, 0.2) is 64.2 Å². The van der Waals surface area contributed by atoms with Gasteiger partial charge in [-0.15, -0.1) is 0 Å². The van der Waals surface area contributed by atoms with Crippen molar-refractivity contribution in [2.24, 2.45) is 5.92 Å². The van der Waals surface area contributed by atoms with E-state index in [-0.39, 0.29) is 17.8 Å². The van der Waals surface area contributed by atoms with E-state index in [9.17, 15) is 9.59 Å². The molecule has 8 heteroatoms. The molecule has 34 heavy (non-hydrogen) atoms. The summed E-state index contributed by atoms with van der Waals surface area (Å²) in [4.78, 5) is 32.8. The van der Waals surface area contributed by atoms with Crippen LogP contribution in [0.3, 0.4) is 0 Å². The van der Waals surface area contributed by atoms with Gasteiger partial charge in [0.2, 0.25) is 0 Å². The molecule has 4 rings (SSSR count). The molecule has 0 saturated carbocycles. The van der Waals surface area contributed by atoms with Crippen molar-refractivity contribution in [3.63, 3.8) is 0 Å². The number of para-hydroxylation sites is 1. The minimum Gasteiger partial charge on any atom is -0.497 e. The lowest BCUT2D eigenvalue weighted by molar-refractivity contribution is 0.211. The molecule has 2 heterocycles. The number of methoxy groups -OCH3 is 1. The Morgan fingerprint density at radius 2 is 1.62 bits per heavy atom. The summed E-state index contributed by atoms with van der Waals surface area (Å²) in [6.07, 6.45) is 0. The Bertz CT molecular complexity index is 1210. The van der Waals surface area contributed by atoms with Crippen molar-refractivity contribution in [3.05, 3.63) is 86.6 Å². The molecular formula is C26H33N5O3. The van der Waals surface area contributed by atoms with Crippen LogP contribution in [0.5, 0.6) is 5.75 Å². The molecule has 0 unspecified atom stereocenters. The van der Waals surface area contributed by atoms with Gasteiger partial charge in [0.15, 0.2) is 0 Å². The molecule has 3 N–H and O–H groups in total. The first-order valence-electron chi connectivity index (χ1n) is 11.7. The number of nitrogens with one attached hydrogen (secondary N) is 1. The highest BCUT2D eigenvalue weighted by molar-refractivity contribution is 5.48. The van der Waals surface area contributed by atoms with Gasteiger partial charge in [-0.05, 0) is 35.7 Å². The van der Waals surface area contributed by atoms with Crippen molar-refractivity contribution in [2.75, 3.05) is 43.9 Å². The number of anilines is 2. The average Bonchev–Trinajstić information content (AvgIpc) is 2.85. The van der Waals surface area contributed by atoms with Gasteiger partial charge in [0.25, 0.3) is 5.56 Å². The number of H-pyrrole nitrogens is 1. The highest BCUT2D eigenvalue weighted by Crippen LogP contribution is 2.32. The van der Waals surface area contributed by atoms with Crippen LogP contribution in [-0.2, 0) is 6.54 Å². The highest BCUT2D eigenvalue weighted by atomic mass is 16.5. The molecule has 0 radical (unpaired) electrons. The molecule has 1 saturated heterocycles. The summed E-state index contributed by atoms with van der Waals surface area (Å²) in [7, 11) is 1.62. The van der Waals surface area contributed by atoms with Gasteiger partial charge >= 0.3 is 5.69 Å². The van der Waals surface area contributed by atoms with E-state index in [1.807, 2.05) is 56.3 Å². The summed E-state index contributed by atoms with van der Waals surface area (Å²) in [5.74, 6) is 1.17. The molecule has 1 aliphatic heterocycles. The molecule has 0 bridgehead atoms. The third-order valence-electron chi connectivity index (χ3n) is 6.33. The molecule has 3 aromatic rings.